The third-order valence-corrected chi connectivity index (χ3v) is 6.39. The lowest BCUT2D eigenvalue weighted by molar-refractivity contribution is -1.08. The molecule has 24 heavy (non-hydrogen) atoms. The maximum Gasteiger partial charge on any atom is 0.306 e. The Morgan fingerprint density at radius 2 is 2.00 bits per heavy atom. The molecule has 1 fully saturated rings. The van der Waals surface area contributed by atoms with Crippen LogP contribution in [0.3, 0.4) is 0 Å². The van der Waals surface area contributed by atoms with Crippen LogP contribution in [0.4, 0.5) is 0 Å². The molecular formula is C20H30NO3+. The molecule has 0 saturated heterocycles. The average Bonchev–Trinajstić information content (AvgIpc) is 3.10. The van der Waals surface area contributed by atoms with E-state index in [9.17, 15) is 4.79 Å². The summed E-state index contributed by atoms with van der Waals surface area (Å²) in [6, 6.07) is 6.39. The fraction of sp³-hybridized carbons (Fsp3) is 0.650. The molecule has 1 aromatic rings. The van der Waals surface area contributed by atoms with Gasteiger partial charge in [-0.3, -0.25) is 4.79 Å². The minimum Gasteiger partial charge on any atom is -0.469 e. The van der Waals surface area contributed by atoms with Gasteiger partial charge in [0.1, 0.15) is 19.6 Å². The van der Waals surface area contributed by atoms with Gasteiger partial charge in [0.05, 0.1) is 13.5 Å². The second-order valence-corrected chi connectivity index (χ2v) is 8.98. The minimum absolute atomic E-state index is 0.0154. The van der Waals surface area contributed by atoms with Gasteiger partial charge in [-0.1, -0.05) is 13.0 Å². The van der Waals surface area contributed by atoms with Crippen LogP contribution in [0.2, 0.25) is 0 Å². The number of hydrogen-bond acceptors (Lipinski definition) is 3. The van der Waals surface area contributed by atoms with Crippen molar-refractivity contribution in [2.75, 3.05) is 21.2 Å². The monoisotopic (exact) mass is 332 g/mol. The first-order chi connectivity index (χ1) is 11.0. The molecule has 0 spiro atoms. The van der Waals surface area contributed by atoms with Gasteiger partial charge in [-0.2, -0.15) is 0 Å². The first kappa shape index (κ1) is 17.3. The topological polar surface area (TPSA) is 35.5 Å². The van der Waals surface area contributed by atoms with Crippen molar-refractivity contribution in [2.45, 2.75) is 57.4 Å². The van der Waals surface area contributed by atoms with Gasteiger partial charge in [-0.15, -0.1) is 4.65 Å². The van der Waals surface area contributed by atoms with Crippen LogP contribution in [0, 0.1) is 5.92 Å². The molecule has 4 nitrogen and oxygen atoms in total. The lowest BCUT2D eigenvalue weighted by Gasteiger charge is -2.39. The first-order valence-corrected chi connectivity index (χ1v) is 8.74. The summed E-state index contributed by atoms with van der Waals surface area (Å²) in [6.45, 7) is 8.82. The lowest BCUT2D eigenvalue weighted by Crippen LogP contribution is -2.56. The zero-order chi connectivity index (χ0) is 17.9. The molecular weight excluding hydrogens is 302 g/mol. The summed E-state index contributed by atoms with van der Waals surface area (Å²) < 4.78 is 5.34. The molecule has 0 N–H and O–H groups in total. The standard InChI is InChI=1S/C20H30NO3/c1-19(2,3)21(5,6)24-13-8-9-14-15(11-18(22)23-7)17-12-20(17,4)16(14)10-13/h8-10,15,17H,11-12H2,1-7H3/q+1. The molecule has 3 rings (SSSR count). The molecule has 3 atom stereocenters. The second kappa shape index (κ2) is 5.22. The van der Waals surface area contributed by atoms with Gasteiger partial charge in [0.2, 0.25) is 0 Å². The molecule has 0 bridgehead atoms. The number of carbonyl (C=O) groups is 1. The van der Waals surface area contributed by atoms with E-state index in [1.165, 1.54) is 18.2 Å². The summed E-state index contributed by atoms with van der Waals surface area (Å²) >= 11 is 0. The van der Waals surface area contributed by atoms with Crippen LogP contribution < -0.4 is 4.84 Å². The summed E-state index contributed by atoms with van der Waals surface area (Å²) in [4.78, 5) is 18.0. The number of ether oxygens (including phenoxy) is 1. The Hall–Kier alpha value is -1.55. The SMILES string of the molecule is COC(=O)CC1c2ccc(O[N+](C)(C)C(C)(C)C)cc2C2(C)CC12. The zero-order valence-electron chi connectivity index (χ0n) is 16.0. The number of fused-ring (bicyclic) bond motifs is 3. The molecule has 0 aliphatic heterocycles. The molecule has 2 aliphatic carbocycles. The highest BCUT2D eigenvalue weighted by Crippen LogP contribution is 2.68. The maximum atomic E-state index is 11.8. The number of esters is 1. The molecule has 132 valence electrons. The Morgan fingerprint density at radius 3 is 2.58 bits per heavy atom. The summed E-state index contributed by atoms with van der Waals surface area (Å²) in [5.74, 6) is 1.64. The van der Waals surface area contributed by atoms with Gasteiger partial charge >= 0.3 is 5.97 Å². The fourth-order valence-electron chi connectivity index (χ4n) is 3.84. The molecule has 1 aromatic carbocycles. The smallest absolute Gasteiger partial charge is 0.306 e. The van der Waals surface area contributed by atoms with E-state index in [0.717, 1.165) is 12.2 Å². The predicted octanol–water partition coefficient (Wildman–Crippen LogP) is 3.79. The molecule has 0 aromatic heterocycles. The van der Waals surface area contributed by atoms with E-state index >= 15 is 0 Å². The summed E-state index contributed by atoms with van der Waals surface area (Å²) in [5, 5.41) is 0. The van der Waals surface area contributed by atoms with Gasteiger partial charge in [-0.05, 0) is 67.7 Å². The Kier molecular flexibility index (Phi) is 3.76. The van der Waals surface area contributed by atoms with E-state index in [0.29, 0.717) is 17.0 Å². The Balaban J connectivity index is 1.88. The van der Waals surface area contributed by atoms with Crippen LogP contribution in [0.25, 0.3) is 0 Å². The third kappa shape index (κ3) is 2.61. The molecule has 0 radical (unpaired) electrons. The van der Waals surface area contributed by atoms with Gasteiger partial charge in [0, 0.05) is 0 Å². The Labute approximate surface area is 145 Å². The van der Waals surface area contributed by atoms with Crippen molar-refractivity contribution in [3.63, 3.8) is 0 Å². The van der Waals surface area contributed by atoms with Crippen LogP contribution in [-0.2, 0) is 14.9 Å². The van der Waals surface area contributed by atoms with Crippen molar-refractivity contribution >= 4 is 5.97 Å². The van der Waals surface area contributed by atoms with E-state index < -0.39 is 0 Å². The minimum atomic E-state index is -0.118. The molecule has 3 unspecified atom stereocenters. The quantitative estimate of drug-likeness (QED) is 0.478. The summed E-state index contributed by atoms with van der Waals surface area (Å²) in [6.07, 6.45) is 1.64. The Bertz CT molecular complexity index is 674. The third-order valence-electron chi connectivity index (χ3n) is 6.39. The van der Waals surface area contributed by atoms with Gasteiger partial charge < -0.3 is 9.57 Å². The average molecular weight is 332 g/mol. The number of benzene rings is 1. The summed E-state index contributed by atoms with van der Waals surface area (Å²) in [7, 11) is 5.62. The molecule has 1 saturated carbocycles. The number of carbonyl (C=O) groups excluding carboxylic acids is 1. The van der Waals surface area contributed by atoms with E-state index in [1.54, 1.807) is 0 Å². The zero-order valence-corrected chi connectivity index (χ0v) is 16.0. The number of quaternary nitrogens is 1. The number of hydroxylamine groups is 3. The highest BCUT2D eigenvalue weighted by Gasteiger charge is 2.61. The van der Waals surface area contributed by atoms with Crippen LogP contribution in [-0.4, -0.2) is 37.4 Å². The van der Waals surface area contributed by atoms with E-state index in [2.05, 4.69) is 53.9 Å². The van der Waals surface area contributed by atoms with Gasteiger partial charge in [0.25, 0.3) is 0 Å². The molecule has 2 aliphatic rings. The van der Waals surface area contributed by atoms with Crippen LogP contribution in [0.5, 0.6) is 5.75 Å². The normalized spacial score (nSPS) is 28.1. The highest BCUT2D eigenvalue weighted by molar-refractivity contribution is 5.72. The van der Waals surface area contributed by atoms with E-state index in [4.69, 9.17) is 9.57 Å². The number of methoxy groups -OCH3 is 1. The summed E-state index contributed by atoms with van der Waals surface area (Å²) in [5.41, 5.74) is 2.84. The number of hydrogen-bond donors (Lipinski definition) is 0. The van der Waals surface area contributed by atoms with Gasteiger partial charge in [0.15, 0.2) is 5.75 Å². The van der Waals surface area contributed by atoms with Crippen LogP contribution in [0.15, 0.2) is 18.2 Å². The number of rotatable bonds is 4. The molecule has 0 heterocycles. The maximum absolute atomic E-state index is 11.8. The van der Waals surface area contributed by atoms with Crippen molar-refractivity contribution in [3.8, 4) is 5.75 Å². The first-order valence-electron chi connectivity index (χ1n) is 8.74. The van der Waals surface area contributed by atoms with Crippen molar-refractivity contribution in [1.29, 1.82) is 0 Å². The Morgan fingerprint density at radius 1 is 1.33 bits per heavy atom. The van der Waals surface area contributed by atoms with Crippen molar-refractivity contribution < 1.29 is 19.0 Å². The molecule has 4 heteroatoms. The largest absolute Gasteiger partial charge is 0.469 e. The fourth-order valence-corrected chi connectivity index (χ4v) is 3.84. The van der Waals surface area contributed by atoms with Crippen molar-refractivity contribution in [2.24, 2.45) is 5.92 Å². The molecule has 0 amide bonds. The predicted molar refractivity (Wildman–Crippen MR) is 93.8 cm³/mol. The van der Waals surface area contributed by atoms with Crippen LogP contribution >= 0.6 is 0 Å². The van der Waals surface area contributed by atoms with Crippen molar-refractivity contribution in [1.82, 2.24) is 0 Å². The van der Waals surface area contributed by atoms with E-state index in [1.807, 2.05) is 6.07 Å². The van der Waals surface area contributed by atoms with Crippen LogP contribution in [0.1, 0.15) is 57.6 Å². The highest BCUT2D eigenvalue weighted by atomic mass is 16.7. The van der Waals surface area contributed by atoms with E-state index in [-0.39, 0.29) is 22.8 Å². The lowest BCUT2D eigenvalue weighted by atomic mass is 9.92. The van der Waals surface area contributed by atoms with Gasteiger partial charge in [-0.25, -0.2) is 0 Å². The van der Waals surface area contributed by atoms with Crippen molar-refractivity contribution in [3.05, 3.63) is 29.3 Å². The number of nitrogens with zero attached hydrogens (tertiary/aromatic N) is 1. The second-order valence-electron chi connectivity index (χ2n) is 8.98.